The first kappa shape index (κ1) is 16.9. The van der Waals surface area contributed by atoms with E-state index in [9.17, 15) is 4.79 Å². The molecule has 2 N–H and O–H groups in total. The van der Waals surface area contributed by atoms with Gasteiger partial charge in [-0.3, -0.25) is 4.79 Å². The fourth-order valence-corrected chi connectivity index (χ4v) is 5.67. The summed E-state index contributed by atoms with van der Waals surface area (Å²) < 4.78 is 5.39. The van der Waals surface area contributed by atoms with Gasteiger partial charge in [0.15, 0.2) is 0 Å². The lowest BCUT2D eigenvalue weighted by Crippen LogP contribution is -2.47. The van der Waals surface area contributed by atoms with Crippen molar-refractivity contribution >= 4 is 5.91 Å². The molecule has 3 fully saturated rings. The van der Waals surface area contributed by atoms with Gasteiger partial charge in [-0.15, -0.1) is 0 Å². The molecule has 4 heteroatoms. The number of methoxy groups -OCH3 is 1. The Morgan fingerprint density at radius 2 is 2.24 bits per heavy atom. The minimum atomic E-state index is -0.196. The average molecular weight is 342 g/mol. The third-order valence-corrected chi connectivity index (χ3v) is 6.96. The Morgan fingerprint density at radius 1 is 1.36 bits per heavy atom. The van der Waals surface area contributed by atoms with Gasteiger partial charge in [-0.2, -0.15) is 0 Å². The Hall–Kier alpha value is -1.55. The van der Waals surface area contributed by atoms with E-state index in [4.69, 9.17) is 10.5 Å². The average Bonchev–Trinajstić information content (AvgIpc) is 3.37. The molecule has 1 aliphatic heterocycles. The summed E-state index contributed by atoms with van der Waals surface area (Å²) in [6, 6.07) is 8.27. The Morgan fingerprint density at radius 3 is 2.88 bits per heavy atom. The highest BCUT2D eigenvalue weighted by Gasteiger charge is 2.56. The fourth-order valence-electron chi connectivity index (χ4n) is 5.67. The van der Waals surface area contributed by atoms with Crippen LogP contribution in [0.5, 0.6) is 5.75 Å². The molecule has 0 spiro atoms. The van der Waals surface area contributed by atoms with E-state index in [0.717, 1.165) is 44.0 Å². The van der Waals surface area contributed by atoms with Gasteiger partial charge in [0.25, 0.3) is 0 Å². The quantitative estimate of drug-likeness (QED) is 0.895. The zero-order valence-electron chi connectivity index (χ0n) is 15.2. The van der Waals surface area contributed by atoms with Crippen LogP contribution in [0.25, 0.3) is 0 Å². The second-order valence-electron chi connectivity index (χ2n) is 8.41. The Balaban J connectivity index is 1.60. The van der Waals surface area contributed by atoms with Gasteiger partial charge in [-0.25, -0.2) is 0 Å². The normalized spacial score (nSPS) is 33.8. The third kappa shape index (κ3) is 2.95. The molecule has 4 rings (SSSR count). The molecular weight excluding hydrogens is 312 g/mol. The number of hydrogen-bond donors (Lipinski definition) is 1. The van der Waals surface area contributed by atoms with Gasteiger partial charge >= 0.3 is 0 Å². The molecule has 136 valence electrons. The number of fused-ring (bicyclic) bond motifs is 2. The number of amides is 1. The summed E-state index contributed by atoms with van der Waals surface area (Å²) in [4.78, 5) is 15.8. The van der Waals surface area contributed by atoms with E-state index < -0.39 is 0 Å². The van der Waals surface area contributed by atoms with Gasteiger partial charge in [0.05, 0.1) is 12.5 Å². The van der Waals surface area contributed by atoms with E-state index in [0.29, 0.717) is 24.3 Å². The van der Waals surface area contributed by atoms with Crippen molar-refractivity contribution in [3.05, 3.63) is 29.8 Å². The second-order valence-corrected chi connectivity index (χ2v) is 8.41. The number of hydrogen-bond acceptors (Lipinski definition) is 3. The number of carbonyl (C=O) groups excluding carboxylic acids is 1. The van der Waals surface area contributed by atoms with E-state index in [1.165, 1.54) is 24.8 Å². The highest BCUT2D eigenvalue weighted by Crippen LogP contribution is 2.58. The van der Waals surface area contributed by atoms with Crippen molar-refractivity contribution in [3.63, 3.8) is 0 Å². The molecule has 25 heavy (non-hydrogen) atoms. The topological polar surface area (TPSA) is 55.6 Å². The molecule has 4 atom stereocenters. The molecule has 2 aliphatic carbocycles. The number of nitrogens with zero attached hydrogens (tertiary/aromatic N) is 1. The van der Waals surface area contributed by atoms with Crippen LogP contribution in [-0.4, -0.2) is 37.6 Å². The first-order valence-corrected chi connectivity index (χ1v) is 9.77. The molecule has 4 unspecified atom stereocenters. The predicted octanol–water partition coefficient (Wildman–Crippen LogP) is 2.85. The van der Waals surface area contributed by atoms with Crippen molar-refractivity contribution in [1.29, 1.82) is 0 Å². The maximum Gasteiger partial charge on any atom is 0.229 e. The van der Waals surface area contributed by atoms with Crippen LogP contribution < -0.4 is 10.5 Å². The molecule has 4 nitrogen and oxygen atoms in total. The highest BCUT2D eigenvalue weighted by atomic mass is 16.5. The summed E-state index contributed by atoms with van der Waals surface area (Å²) in [6.45, 7) is 2.43. The Bertz CT molecular complexity index is 647. The van der Waals surface area contributed by atoms with E-state index in [2.05, 4.69) is 17.0 Å². The zero-order valence-corrected chi connectivity index (χ0v) is 15.2. The lowest BCUT2D eigenvalue weighted by molar-refractivity contribution is -0.144. The van der Waals surface area contributed by atoms with Crippen LogP contribution in [-0.2, 0) is 11.2 Å². The summed E-state index contributed by atoms with van der Waals surface area (Å²) in [7, 11) is 1.70. The molecule has 2 bridgehead atoms. The summed E-state index contributed by atoms with van der Waals surface area (Å²) in [6.07, 6.45) is 6.75. The van der Waals surface area contributed by atoms with E-state index in [1.807, 2.05) is 12.1 Å². The highest BCUT2D eigenvalue weighted by molar-refractivity contribution is 5.84. The minimum Gasteiger partial charge on any atom is -0.497 e. The van der Waals surface area contributed by atoms with Crippen molar-refractivity contribution in [2.24, 2.45) is 28.9 Å². The van der Waals surface area contributed by atoms with Crippen LogP contribution in [0.3, 0.4) is 0 Å². The SMILES string of the molecule is COc1cccc(CC2(C(=O)N3CCC(CN)C3)CC3CCC2C3)c1. The first-order chi connectivity index (χ1) is 12.1. The van der Waals surface area contributed by atoms with Gasteiger partial charge in [0, 0.05) is 13.1 Å². The molecule has 0 aromatic heterocycles. The van der Waals surface area contributed by atoms with Crippen LogP contribution in [0.4, 0.5) is 0 Å². The van der Waals surface area contributed by atoms with Crippen LogP contribution in [0.1, 0.15) is 37.7 Å². The maximum absolute atomic E-state index is 13.6. The van der Waals surface area contributed by atoms with Gasteiger partial charge in [0.1, 0.15) is 5.75 Å². The largest absolute Gasteiger partial charge is 0.497 e. The minimum absolute atomic E-state index is 0.196. The van der Waals surface area contributed by atoms with Gasteiger partial charge in [-0.1, -0.05) is 18.6 Å². The van der Waals surface area contributed by atoms with Crippen molar-refractivity contribution in [1.82, 2.24) is 4.90 Å². The number of rotatable bonds is 5. The molecule has 1 amide bonds. The number of benzene rings is 1. The standard InChI is InChI=1S/C21H30N2O2/c1-25-19-4-2-3-15(10-19)11-21(12-16-5-6-18(21)9-16)20(24)23-8-7-17(13-22)14-23/h2-4,10,16-18H,5-9,11-14,22H2,1H3. The number of likely N-dealkylation sites (tertiary alicyclic amines) is 1. The van der Waals surface area contributed by atoms with Crippen LogP contribution in [0.2, 0.25) is 0 Å². The molecule has 1 saturated heterocycles. The number of ether oxygens (including phenoxy) is 1. The predicted molar refractivity (Wildman–Crippen MR) is 98.3 cm³/mol. The Kier molecular flexibility index (Phi) is 4.48. The van der Waals surface area contributed by atoms with Crippen molar-refractivity contribution in [3.8, 4) is 5.75 Å². The van der Waals surface area contributed by atoms with Crippen LogP contribution in [0, 0.1) is 23.2 Å². The third-order valence-electron chi connectivity index (χ3n) is 6.96. The van der Waals surface area contributed by atoms with E-state index in [1.54, 1.807) is 7.11 Å². The van der Waals surface area contributed by atoms with Crippen molar-refractivity contribution in [2.75, 3.05) is 26.7 Å². The van der Waals surface area contributed by atoms with Gasteiger partial charge in [0.2, 0.25) is 5.91 Å². The van der Waals surface area contributed by atoms with Gasteiger partial charge < -0.3 is 15.4 Å². The summed E-state index contributed by atoms with van der Waals surface area (Å²) in [5.74, 6) is 3.06. The number of nitrogens with two attached hydrogens (primary N) is 1. The molecule has 1 aromatic rings. The van der Waals surface area contributed by atoms with Crippen molar-refractivity contribution < 1.29 is 9.53 Å². The molecular formula is C21H30N2O2. The molecule has 3 aliphatic rings. The van der Waals surface area contributed by atoms with Gasteiger partial charge in [-0.05, 0) is 74.1 Å². The maximum atomic E-state index is 13.6. The lowest BCUT2D eigenvalue weighted by Gasteiger charge is -2.39. The number of carbonyl (C=O) groups is 1. The second kappa shape index (κ2) is 6.64. The molecule has 1 aromatic carbocycles. The smallest absolute Gasteiger partial charge is 0.229 e. The lowest BCUT2D eigenvalue weighted by atomic mass is 9.68. The summed E-state index contributed by atoms with van der Waals surface area (Å²) in [5.41, 5.74) is 6.88. The van der Waals surface area contributed by atoms with E-state index in [-0.39, 0.29) is 5.41 Å². The zero-order chi connectivity index (χ0) is 17.4. The monoisotopic (exact) mass is 342 g/mol. The first-order valence-electron chi connectivity index (χ1n) is 9.77. The van der Waals surface area contributed by atoms with Crippen LogP contribution in [0.15, 0.2) is 24.3 Å². The molecule has 0 radical (unpaired) electrons. The Labute approximate surface area is 150 Å². The summed E-state index contributed by atoms with van der Waals surface area (Å²) in [5, 5.41) is 0. The molecule has 2 saturated carbocycles. The van der Waals surface area contributed by atoms with Crippen molar-refractivity contribution in [2.45, 2.75) is 38.5 Å². The fraction of sp³-hybridized carbons (Fsp3) is 0.667. The summed E-state index contributed by atoms with van der Waals surface area (Å²) >= 11 is 0. The van der Waals surface area contributed by atoms with Crippen LogP contribution >= 0.6 is 0 Å². The van der Waals surface area contributed by atoms with E-state index >= 15 is 0 Å². The molecule has 1 heterocycles.